The summed E-state index contributed by atoms with van der Waals surface area (Å²) in [4.78, 5) is 17.5. The zero-order chi connectivity index (χ0) is 14.5. The van der Waals surface area contributed by atoms with Crippen LogP contribution in [0.1, 0.15) is 41.6 Å². The summed E-state index contributed by atoms with van der Waals surface area (Å²) in [5.41, 5.74) is 3.84. The number of benzene rings is 1. The molecule has 1 fully saturated rings. The van der Waals surface area contributed by atoms with Gasteiger partial charge in [-0.15, -0.1) is 0 Å². The van der Waals surface area contributed by atoms with Crippen LogP contribution in [-0.2, 0) is 4.84 Å². The van der Waals surface area contributed by atoms with E-state index in [9.17, 15) is 4.79 Å². The Morgan fingerprint density at radius 3 is 2.20 bits per heavy atom. The third-order valence-corrected chi connectivity index (χ3v) is 3.63. The first-order chi connectivity index (χ1) is 9.65. The summed E-state index contributed by atoms with van der Waals surface area (Å²) >= 11 is 0. The van der Waals surface area contributed by atoms with E-state index < -0.39 is 0 Å². The molecular formula is C15H21NO4. The first-order valence-corrected chi connectivity index (χ1v) is 6.84. The first kappa shape index (κ1) is 14.7. The highest BCUT2D eigenvalue weighted by Gasteiger charge is 2.18. The number of amides is 1. The second kappa shape index (κ2) is 6.61. The molecule has 0 unspecified atom stereocenters. The van der Waals surface area contributed by atoms with Crippen molar-refractivity contribution in [1.29, 1.82) is 0 Å². The average molecular weight is 279 g/mol. The van der Waals surface area contributed by atoms with Crippen LogP contribution in [0.4, 0.5) is 0 Å². The van der Waals surface area contributed by atoms with Crippen molar-refractivity contribution >= 4 is 5.91 Å². The average Bonchev–Trinajstić information content (AvgIpc) is 2.98. The van der Waals surface area contributed by atoms with Crippen molar-refractivity contribution in [3.8, 4) is 11.5 Å². The van der Waals surface area contributed by atoms with Crippen LogP contribution in [0.3, 0.4) is 0 Å². The summed E-state index contributed by atoms with van der Waals surface area (Å²) in [7, 11) is 3.14. The minimum atomic E-state index is -0.284. The lowest BCUT2D eigenvalue weighted by Crippen LogP contribution is -2.28. The molecule has 0 heterocycles. The molecule has 1 aromatic carbocycles. The molecule has 0 aliphatic heterocycles. The van der Waals surface area contributed by atoms with Crippen molar-refractivity contribution in [2.75, 3.05) is 14.2 Å². The first-order valence-electron chi connectivity index (χ1n) is 6.84. The van der Waals surface area contributed by atoms with Gasteiger partial charge < -0.3 is 9.47 Å². The molecule has 1 amide bonds. The van der Waals surface area contributed by atoms with Crippen LogP contribution in [0.2, 0.25) is 0 Å². The molecule has 110 valence electrons. The van der Waals surface area contributed by atoms with Gasteiger partial charge in [-0.1, -0.05) is 12.8 Å². The summed E-state index contributed by atoms with van der Waals surface area (Å²) in [5.74, 6) is 0.958. The van der Waals surface area contributed by atoms with Gasteiger partial charge in [-0.25, -0.2) is 5.48 Å². The fourth-order valence-corrected chi connectivity index (χ4v) is 2.42. The highest BCUT2D eigenvalue weighted by atomic mass is 16.7. The summed E-state index contributed by atoms with van der Waals surface area (Å²) in [6.45, 7) is 1.88. The standard InChI is InChI=1S/C15H21NO4/c1-10-13(18-2)8-11(9-14(10)19-3)15(17)16-20-12-6-4-5-7-12/h8-9,12H,4-7H2,1-3H3,(H,16,17). The molecule has 1 aliphatic carbocycles. The van der Waals surface area contributed by atoms with Crippen LogP contribution < -0.4 is 15.0 Å². The van der Waals surface area contributed by atoms with E-state index in [-0.39, 0.29) is 12.0 Å². The van der Waals surface area contributed by atoms with Gasteiger partial charge in [0.15, 0.2) is 0 Å². The Morgan fingerprint density at radius 1 is 1.15 bits per heavy atom. The zero-order valence-electron chi connectivity index (χ0n) is 12.2. The molecule has 0 saturated heterocycles. The Morgan fingerprint density at radius 2 is 1.70 bits per heavy atom. The largest absolute Gasteiger partial charge is 0.496 e. The zero-order valence-corrected chi connectivity index (χ0v) is 12.2. The lowest BCUT2D eigenvalue weighted by atomic mass is 10.1. The molecule has 5 heteroatoms. The van der Waals surface area contributed by atoms with Gasteiger partial charge in [0, 0.05) is 11.1 Å². The van der Waals surface area contributed by atoms with Crippen LogP contribution in [0.5, 0.6) is 11.5 Å². The molecule has 0 atom stereocenters. The van der Waals surface area contributed by atoms with E-state index in [2.05, 4.69) is 5.48 Å². The number of rotatable bonds is 5. The SMILES string of the molecule is COc1cc(C(=O)NOC2CCCC2)cc(OC)c1C. The summed E-state index contributed by atoms with van der Waals surface area (Å²) in [6, 6.07) is 3.37. The minimum Gasteiger partial charge on any atom is -0.496 e. The number of hydrogen-bond acceptors (Lipinski definition) is 4. The van der Waals surface area contributed by atoms with Crippen LogP contribution >= 0.6 is 0 Å². The van der Waals surface area contributed by atoms with Gasteiger partial charge >= 0.3 is 0 Å². The van der Waals surface area contributed by atoms with Gasteiger partial charge in [-0.3, -0.25) is 9.63 Å². The third-order valence-electron chi connectivity index (χ3n) is 3.63. The van der Waals surface area contributed by atoms with E-state index in [1.807, 2.05) is 6.92 Å². The van der Waals surface area contributed by atoms with Crippen LogP contribution in [0, 0.1) is 6.92 Å². The van der Waals surface area contributed by atoms with Gasteiger partial charge in [0.25, 0.3) is 5.91 Å². The number of hydroxylamine groups is 1. The van der Waals surface area contributed by atoms with Crippen molar-refractivity contribution in [3.63, 3.8) is 0 Å². The molecular weight excluding hydrogens is 258 g/mol. The minimum absolute atomic E-state index is 0.133. The molecule has 0 spiro atoms. The van der Waals surface area contributed by atoms with E-state index >= 15 is 0 Å². The van der Waals surface area contributed by atoms with E-state index in [4.69, 9.17) is 14.3 Å². The van der Waals surface area contributed by atoms with Gasteiger partial charge in [-0.05, 0) is 31.9 Å². The van der Waals surface area contributed by atoms with Crippen LogP contribution in [-0.4, -0.2) is 26.2 Å². The molecule has 20 heavy (non-hydrogen) atoms. The van der Waals surface area contributed by atoms with E-state index in [1.165, 1.54) is 0 Å². The lowest BCUT2D eigenvalue weighted by Gasteiger charge is -2.14. The Labute approximate surface area is 119 Å². The normalized spacial score (nSPS) is 15.2. The van der Waals surface area contributed by atoms with E-state index in [0.29, 0.717) is 17.1 Å². The van der Waals surface area contributed by atoms with Crippen molar-refractivity contribution in [2.45, 2.75) is 38.7 Å². The molecule has 1 saturated carbocycles. The predicted molar refractivity (Wildman–Crippen MR) is 75.1 cm³/mol. The fraction of sp³-hybridized carbons (Fsp3) is 0.533. The summed E-state index contributed by atoms with van der Waals surface area (Å²) in [6.07, 6.45) is 4.45. The lowest BCUT2D eigenvalue weighted by molar-refractivity contribution is -0.0125. The maximum Gasteiger partial charge on any atom is 0.275 e. The summed E-state index contributed by atoms with van der Waals surface area (Å²) < 4.78 is 10.5. The number of carbonyl (C=O) groups excluding carboxylic acids is 1. The van der Waals surface area contributed by atoms with Gasteiger partial charge in [-0.2, -0.15) is 0 Å². The number of nitrogens with one attached hydrogen (secondary N) is 1. The van der Waals surface area contributed by atoms with Gasteiger partial charge in [0.05, 0.1) is 20.3 Å². The third kappa shape index (κ3) is 3.22. The fourth-order valence-electron chi connectivity index (χ4n) is 2.42. The second-order valence-corrected chi connectivity index (χ2v) is 4.96. The molecule has 5 nitrogen and oxygen atoms in total. The number of carbonyl (C=O) groups is 1. The topological polar surface area (TPSA) is 56.8 Å². The quantitative estimate of drug-likeness (QED) is 0.842. The number of ether oxygens (including phenoxy) is 2. The molecule has 0 radical (unpaired) electrons. The number of methoxy groups -OCH3 is 2. The summed E-state index contributed by atoms with van der Waals surface area (Å²) in [5, 5.41) is 0. The molecule has 0 bridgehead atoms. The molecule has 1 N–H and O–H groups in total. The van der Waals surface area contributed by atoms with Crippen molar-refractivity contribution in [1.82, 2.24) is 5.48 Å². The Bertz CT molecular complexity index is 456. The molecule has 1 aliphatic rings. The van der Waals surface area contributed by atoms with Gasteiger partial charge in [0.1, 0.15) is 11.5 Å². The Kier molecular flexibility index (Phi) is 4.84. The Hall–Kier alpha value is -1.75. The second-order valence-electron chi connectivity index (χ2n) is 4.96. The van der Waals surface area contributed by atoms with Gasteiger partial charge in [0.2, 0.25) is 0 Å². The van der Waals surface area contributed by atoms with Crippen LogP contribution in [0.15, 0.2) is 12.1 Å². The number of hydrogen-bond donors (Lipinski definition) is 1. The smallest absolute Gasteiger partial charge is 0.275 e. The molecule has 0 aromatic heterocycles. The highest BCUT2D eigenvalue weighted by molar-refractivity contribution is 5.94. The predicted octanol–water partition coefficient (Wildman–Crippen LogP) is 2.62. The van der Waals surface area contributed by atoms with Crippen LogP contribution in [0.25, 0.3) is 0 Å². The highest BCUT2D eigenvalue weighted by Crippen LogP contribution is 2.29. The maximum atomic E-state index is 12.1. The van der Waals surface area contributed by atoms with E-state index in [1.54, 1.807) is 26.4 Å². The Balaban J connectivity index is 2.08. The molecule has 2 rings (SSSR count). The van der Waals surface area contributed by atoms with Crippen molar-refractivity contribution < 1.29 is 19.1 Å². The maximum absolute atomic E-state index is 12.1. The molecule has 1 aromatic rings. The monoisotopic (exact) mass is 279 g/mol. The van der Waals surface area contributed by atoms with Crippen molar-refractivity contribution in [2.24, 2.45) is 0 Å². The van der Waals surface area contributed by atoms with Crippen molar-refractivity contribution in [3.05, 3.63) is 23.3 Å². The van der Waals surface area contributed by atoms with E-state index in [0.717, 1.165) is 31.2 Å².